The molecule has 0 bridgehead atoms. The molecule has 1 aliphatic rings. The van der Waals surface area contributed by atoms with Crippen molar-refractivity contribution in [3.05, 3.63) is 40.0 Å². The number of nitrogens with one attached hydrogen (secondary N) is 1. The fourth-order valence-electron chi connectivity index (χ4n) is 2.92. The van der Waals surface area contributed by atoms with Crippen molar-refractivity contribution in [3.8, 4) is 5.69 Å². The number of hydrogen-bond acceptors (Lipinski definition) is 3. The molecular formula is C16H17ClF3N3O. The van der Waals surface area contributed by atoms with Gasteiger partial charge in [0, 0.05) is 24.2 Å². The van der Waals surface area contributed by atoms with Crippen molar-refractivity contribution in [1.29, 1.82) is 0 Å². The minimum Gasteiger partial charge on any atom is -0.378 e. The Morgan fingerprint density at radius 3 is 2.83 bits per heavy atom. The summed E-state index contributed by atoms with van der Waals surface area (Å²) >= 11 is 5.77. The number of alkyl halides is 3. The van der Waals surface area contributed by atoms with E-state index >= 15 is 0 Å². The van der Waals surface area contributed by atoms with E-state index in [0.717, 1.165) is 30.9 Å². The van der Waals surface area contributed by atoms with E-state index in [9.17, 15) is 13.2 Å². The first-order valence-corrected chi connectivity index (χ1v) is 8.00. The summed E-state index contributed by atoms with van der Waals surface area (Å²) in [4.78, 5) is 0. The average molecular weight is 360 g/mol. The highest BCUT2D eigenvalue weighted by Crippen LogP contribution is 2.38. The van der Waals surface area contributed by atoms with Gasteiger partial charge in [-0.1, -0.05) is 11.6 Å². The van der Waals surface area contributed by atoms with Crippen LogP contribution in [-0.4, -0.2) is 23.4 Å². The zero-order valence-corrected chi connectivity index (χ0v) is 13.8. The number of fused-ring (bicyclic) bond motifs is 1. The Morgan fingerprint density at radius 1 is 1.33 bits per heavy atom. The first-order valence-electron chi connectivity index (χ1n) is 7.62. The number of halogens is 4. The van der Waals surface area contributed by atoms with Crippen molar-refractivity contribution in [2.24, 2.45) is 0 Å². The molecule has 4 nitrogen and oxygen atoms in total. The molecule has 0 fully saturated rings. The van der Waals surface area contributed by atoms with Gasteiger partial charge in [0.2, 0.25) is 0 Å². The summed E-state index contributed by atoms with van der Waals surface area (Å²) in [5, 5.41) is 7.63. The molecule has 24 heavy (non-hydrogen) atoms. The van der Waals surface area contributed by atoms with Crippen LogP contribution < -0.4 is 5.32 Å². The molecule has 2 heterocycles. The molecule has 8 heteroatoms. The lowest BCUT2D eigenvalue weighted by Gasteiger charge is -2.16. The van der Waals surface area contributed by atoms with E-state index in [1.807, 2.05) is 0 Å². The Balaban J connectivity index is 2.20. The lowest BCUT2D eigenvalue weighted by Crippen LogP contribution is -2.14. The van der Waals surface area contributed by atoms with Crippen LogP contribution >= 0.6 is 11.6 Å². The lowest BCUT2D eigenvalue weighted by molar-refractivity contribution is -0.137. The molecule has 0 spiro atoms. The third-order valence-corrected chi connectivity index (χ3v) is 4.22. The maximum atomic E-state index is 13.4. The summed E-state index contributed by atoms with van der Waals surface area (Å²) < 4.78 is 46.8. The first-order chi connectivity index (χ1) is 11.4. The van der Waals surface area contributed by atoms with Gasteiger partial charge in [-0.25, -0.2) is 4.68 Å². The molecule has 0 atom stereocenters. The fourth-order valence-corrected chi connectivity index (χ4v) is 3.09. The zero-order chi connectivity index (χ0) is 17.3. The molecule has 3 rings (SSSR count). The van der Waals surface area contributed by atoms with Crippen LogP contribution in [-0.2, 0) is 23.9 Å². The molecule has 130 valence electrons. The Labute approximate surface area is 142 Å². The van der Waals surface area contributed by atoms with Crippen LogP contribution in [0.25, 0.3) is 5.69 Å². The van der Waals surface area contributed by atoms with Gasteiger partial charge in [0.1, 0.15) is 5.82 Å². The highest BCUT2D eigenvalue weighted by Gasteiger charge is 2.35. The molecule has 0 radical (unpaired) electrons. The number of hydrogen-bond donors (Lipinski definition) is 1. The second kappa shape index (κ2) is 6.64. The van der Waals surface area contributed by atoms with E-state index in [1.54, 1.807) is 7.11 Å². The monoisotopic (exact) mass is 359 g/mol. The van der Waals surface area contributed by atoms with Crippen LogP contribution in [0.4, 0.5) is 19.0 Å². The van der Waals surface area contributed by atoms with Crippen molar-refractivity contribution in [3.63, 3.8) is 0 Å². The maximum Gasteiger partial charge on any atom is 0.418 e. The van der Waals surface area contributed by atoms with Gasteiger partial charge in [-0.15, -0.1) is 0 Å². The maximum absolute atomic E-state index is 13.4. The van der Waals surface area contributed by atoms with E-state index < -0.39 is 11.7 Å². The molecule has 1 aromatic carbocycles. The number of methoxy groups -OCH3 is 1. The Hall–Kier alpha value is -1.73. The second-order valence-electron chi connectivity index (χ2n) is 5.66. The van der Waals surface area contributed by atoms with Crippen LogP contribution in [0, 0.1) is 0 Å². The molecule has 0 amide bonds. The van der Waals surface area contributed by atoms with Crippen LogP contribution in [0.5, 0.6) is 0 Å². The van der Waals surface area contributed by atoms with Crippen LogP contribution in [0.1, 0.15) is 29.7 Å². The predicted octanol–water partition coefficient (Wildman–Crippen LogP) is 4.44. The molecule has 1 aliphatic heterocycles. The summed E-state index contributed by atoms with van der Waals surface area (Å²) in [6.07, 6.45) is -1.86. The molecular weight excluding hydrogens is 343 g/mol. The number of benzene rings is 1. The van der Waals surface area contributed by atoms with Gasteiger partial charge in [0.25, 0.3) is 0 Å². The van der Waals surface area contributed by atoms with Gasteiger partial charge in [-0.2, -0.15) is 18.3 Å². The average Bonchev–Trinajstić information content (AvgIpc) is 2.70. The van der Waals surface area contributed by atoms with E-state index in [2.05, 4.69) is 10.4 Å². The molecule has 2 aromatic rings. The smallest absolute Gasteiger partial charge is 0.378 e. The first kappa shape index (κ1) is 17.1. The third-order valence-electron chi connectivity index (χ3n) is 3.99. The Bertz CT molecular complexity index is 743. The van der Waals surface area contributed by atoms with Gasteiger partial charge >= 0.3 is 6.18 Å². The number of anilines is 1. The van der Waals surface area contributed by atoms with Gasteiger partial charge < -0.3 is 10.1 Å². The van der Waals surface area contributed by atoms with Gasteiger partial charge in [-0.3, -0.25) is 0 Å². The molecule has 0 unspecified atom stereocenters. The van der Waals surface area contributed by atoms with Gasteiger partial charge in [0.15, 0.2) is 0 Å². The second-order valence-corrected chi connectivity index (χ2v) is 6.10. The summed E-state index contributed by atoms with van der Waals surface area (Å²) in [7, 11) is 1.54. The standard InChI is InChI=1S/C16H17ClF3N3O/c1-24-9-13-11-4-2-3-7-21-15(11)23(22-13)14-6-5-10(17)8-12(14)16(18,19)20/h5-6,8,21H,2-4,7,9H2,1H3. The van der Waals surface area contributed by atoms with Crippen molar-refractivity contribution in [1.82, 2.24) is 9.78 Å². The highest BCUT2D eigenvalue weighted by atomic mass is 35.5. The molecule has 0 saturated carbocycles. The third kappa shape index (κ3) is 3.23. The van der Waals surface area contributed by atoms with Crippen molar-refractivity contribution in [2.75, 3.05) is 19.0 Å². The minimum absolute atomic E-state index is 0.0365. The number of nitrogens with zero attached hydrogens (tertiary/aromatic N) is 2. The molecule has 0 saturated heterocycles. The Kier molecular flexibility index (Phi) is 4.73. The van der Waals surface area contributed by atoms with Gasteiger partial charge in [-0.05, 0) is 37.5 Å². The molecule has 1 aromatic heterocycles. The molecule has 0 aliphatic carbocycles. The van der Waals surface area contributed by atoms with E-state index in [1.165, 1.54) is 16.8 Å². The normalized spacial score (nSPS) is 14.9. The summed E-state index contributed by atoms with van der Waals surface area (Å²) in [6, 6.07) is 3.71. The number of rotatable bonds is 3. The van der Waals surface area contributed by atoms with E-state index in [-0.39, 0.29) is 17.3 Å². The summed E-state index contributed by atoms with van der Waals surface area (Å²) in [5.41, 5.74) is 0.720. The van der Waals surface area contributed by atoms with Crippen molar-refractivity contribution >= 4 is 17.4 Å². The minimum atomic E-state index is -4.52. The van der Waals surface area contributed by atoms with Crippen LogP contribution in [0.2, 0.25) is 5.02 Å². The highest BCUT2D eigenvalue weighted by molar-refractivity contribution is 6.30. The zero-order valence-electron chi connectivity index (χ0n) is 13.1. The van der Waals surface area contributed by atoms with E-state index in [0.29, 0.717) is 18.1 Å². The fraction of sp³-hybridized carbons (Fsp3) is 0.438. The predicted molar refractivity (Wildman–Crippen MR) is 85.7 cm³/mol. The van der Waals surface area contributed by atoms with Crippen LogP contribution in [0.15, 0.2) is 18.2 Å². The largest absolute Gasteiger partial charge is 0.418 e. The summed E-state index contributed by atoms with van der Waals surface area (Å²) in [6.45, 7) is 0.950. The number of ether oxygens (including phenoxy) is 1. The SMILES string of the molecule is COCc1nn(-c2ccc(Cl)cc2C(F)(F)F)c2c1CCCCN2. The van der Waals surface area contributed by atoms with Gasteiger partial charge in [0.05, 0.1) is 23.6 Å². The van der Waals surface area contributed by atoms with Crippen molar-refractivity contribution < 1.29 is 17.9 Å². The number of aromatic nitrogens is 2. The van der Waals surface area contributed by atoms with Crippen LogP contribution in [0.3, 0.4) is 0 Å². The quantitative estimate of drug-likeness (QED) is 0.880. The Morgan fingerprint density at radius 2 is 2.12 bits per heavy atom. The molecule has 1 N–H and O–H groups in total. The van der Waals surface area contributed by atoms with E-state index in [4.69, 9.17) is 16.3 Å². The lowest BCUT2D eigenvalue weighted by atomic mass is 10.1. The summed E-state index contributed by atoms with van der Waals surface area (Å²) in [5.74, 6) is 0.604. The topological polar surface area (TPSA) is 39.1 Å². The van der Waals surface area contributed by atoms with Crippen molar-refractivity contribution in [2.45, 2.75) is 32.0 Å².